The number of amides is 1. The van der Waals surface area contributed by atoms with Crippen molar-refractivity contribution >= 4 is 51.2 Å². The number of ether oxygens (including phenoxy) is 1. The summed E-state index contributed by atoms with van der Waals surface area (Å²) in [6.07, 6.45) is 3.47. The van der Waals surface area contributed by atoms with Gasteiger partial charge in [-0.15, -0.1) is 11.8 Å². The Balaban J connectivity index is 1.84. The highest BCUT2D eigenvalue weighted by Crippen LogP contribution is 2.31. The Morgan fingerprint density at radius 3 is 2.42 bits per heavy atom. The zero-order valence-electron chi connectivity index (χ0n) is 17.9. The third-order valence-corrected chi connectivity index (χ3v) is 7.39. The van der Waals surface area contributed by atoms with Gasteiger partial charge in [-0.2, -0.15) is 5.10 Å². The van der Waals surface area contributed by atoms with Gasteiger partial charge in [0.2, 0.25) is 0 Å². The van der Waals surface area contributed by atoms with Crippen molar-refractivity contribution in [2.75, 3.05) is 24.2 Å². The second kappa shape index (κ2) is 11.2. The summed E-state index contributed by atoms with van der Waals surface area (Å²) < 4.78 is 32.8. The predicted molar refractivity (Wildman–Crippen MR) is 133 cm³/mol. The summed E-state index contributed by atoms with van der Waals surface area (Å²) in [5, 5.41) is 4.16. The van der Waals surface area contributed by atoms with Crippen molar-refractivity contribution in [1.82, 2.24) is 5.43 Å². The first kappa shape index (κ1) is 24.6. The molecular weight excluding hydrogens is 482 g/mol. The number of halogens is 1. The van der Waals surface area contributed by atoms with Crippen molar-refractivity contribution in [3.8, 4) is 5.75 Å². The molecule has 0 atom stereocenters. The van der Waals surface area contributed by atoms with Crippen LogP contribution in [0.25, 0.3) is 0 Å². The summed E-state index contributed by atoms with van der Waals surface area (Å²) >= 11 is 7.83. The van der Waals surface area contributed by atoms with Gasteiger partial charge >= 0.3 is 0 Å². The molecule has 0 aliphatic heterocycles. The summed E-state index contributed by atoms with van der Waals surface area (Å²) in [5.41, 5.74) is 3.40. The van der Waals surface area contributed by atoms with E-state index in [0.29, 0.717) is 5.75 Å². The van der Waals surface area contributed by atoms with Gasteiger partial charge in [0.05, 0.1) is 28.9 Å². The van der Waals surface area contributed by atoms with Gasteiger partial charge in [-0.25, -0.2) is 13.8 Å². The van der Waals surface area contributed by atoms with Crippen LogP contribution >= 0.6 is 23.4 Å². The molecule has 0 heterocycles. The lowest BCUT2D eigenvalue weighted by Crippen LogP contribution is -2.39. The van der Waals surface area contributed by atoms with Crippen molar-refractivity contribution in [2.24, 2.45) is 5.10 Å². The molecule has 3 aromatic carbocycles. The molecule has 0 saturated carbocycles. The number of nitrogens with one attached hydrogen (secondary N) is 1. The maximum atomic E-state index is 13.3. The number of carbonyl (C=O) groups excluding carboxylic acids is 1. The Morgan fingerprint density at radius 2 is 1.82 bits per heavy atom. The lowest BCUT2D eigenvalue weighted by molar-refractivity contribution is -0.119. The molecule has 3 rings (SSSR count). The van der Waals surface area contributed by atoms with Gasteiger partial charge in [0.25, 0.3) is 15.9 Å². The van der Waals surface area contributed by atoms with Crippen LogP contribution in [0.2, 0.25) is 5.02 Å². The smallest absolute Gasteiger partial charge is 0.264 e. The average Bonchev–Trinajstić information content (AvgIpc) is 2.83. The van der Waals surface area contributed by atoms with Gasteiger partial charge in [-0.05, 0) is 54.3 Å². The van der Waals surface area contributed by atoms with E-state index in [-0.39, 0.29) is 15.6 Å². The highest BCUT2D eigenvalue weighted by Gasteiger charge is 2.27. The Labute approximate surface area is 202 Å². The maximum absolute atomic E-state index is 13.3. The first-order chi connectivity index (χ1) is 15.8. The SMILES string of the molecule is COc1ccc(N(CC(=O)N/N=C\c2ccc(SC)cc2)S(=O)(=O)c2ccccc2)cc1Cl. The van der Waals surface area contributed by atoms with Crippen LogP contribution in [-0.2, 0) is 14.8 Å². The van der Waals surface area contributed by atoms with Crippen LogP contribution in [-0.4, -0.2) is 40.4 Å². The monoisotopic (exact) mass is 503 g/mol. The second-order valence-corrected chi connectivity index (χ2v) is 9.86. The van der Waals surface area contributed by atoms with E-state index in [1.165, 1.54) is 37.6 Å². The Bertz CT molecular complexity index is 1230. The minimum atomic E-state index is -4.05. The number of nitrogens with zero attached hydrogens (tertiary/aromatic N) is 2. The first-order valence-electron chi connectivity index (χ1n) is 9.72. The number of sulfonamides is 1. The third kappa shape index (κ3) is 6.28. The highest BCUT2D eigenvalue weighted by molar-refractivity contribution is 7.98. The van der Waals surface area contributed by atoms with Crippen LogP contribution in [0.15, 0.2) is 87.7 Å². The Hall–Kier alpha value is -3.01. The van der Waals surface area contributed by atoms with E-state index < -0.39 is 22.5 Å². The maximum Gasteiger partial charge on any atom is 0.264 e. The molecule has 0 saturated heterocycles. The van der Waals surface area contributed by atoms with Gasteiger partial charge < -0.3 is 4.74 Å². The zero-order chi connectivity index (χ0) is 23.8. The number of carbonyl (C=O) groups is 1. The number of hydrogen-bond donors (Lipinski definition) is 1. The average molecular weight is 504 g/mol. The highest BCUT2D eigenvalue weighted by atomic mass is 35.5. The van der Waals surface area contributed by atoms with Gasteiger partial charge in [0.15, 0.2) is 0 Å². The number of rotatable bonds is 9. The lowest BCUT2D eigenvalue weighted by atomic mass is 10.2. The molecule has 33 heavy (non-hydrogen) atoms. The molecule has 0 radical (unpaired) electrons. The second-order valence-electron chi connectivity index (χ2n) is 6.71. The molecule has 0 aliphatic rings. The quantitative estimate of drug-likeness (QED) is 0.265. The molecule has 0 spiro atoms. The Morgan fingerprint density at radius 1 is 1.12 bits per heavy atom. The number of thioether (sulfide) groups is 1. The first-order valence-corrected chi connectivity index (χ1v) is 12.8. The molecule has 172 valence electrons. The van der Waals surface area contributed by atoms with Crippen molar-refractivity contribution in [1.29, 1.82) is 0 Å². The standard InChI is InChI=1S/C23H22ClN3O4S2/c1-31-22-13-10-18(14-21(22)24)27(33(29,30)20-6-4-3-5-7-20)16-23(28)26-25-15-17-8-11-19(32-2)12-9-17/h3-15H,16H2,1-2H3,(H,26,28)/b25-15-. The fraction of sp³-hybridized carbons (Fsp3) is 0.130. The van der Waals surface area contributed by atoms with Crippen LogP contribution in [0.5, 0.6) is 5.75 Å². The lowest BCUT2D eigenvalue weighted by Gasteiger charge is -2.24. The van der Waals surface area contributed by atoms with E-state index in [1.807, 2.05) is 30.5 Å². The van der Waals surface area contributed by atoms with Gasteiger partial charge in [0, 0.05) is 4.90 Å². The summed E-state index contributed by atoms with van der Waals surface area (Å²) in [5.74, 6) is -0.225. The molecule has 10 heteroatoms. The number of hydrogen-bond acceptors (Lipinski definition) is 6. The number of hydrazone groups is 1. The minimum Gasteiger partial charge on any atom is -0.495 e. The molecule has 7 nitrogen and oxygen atoms in total. The van der Waals surface area contributed by atoms with E-state index in [0.717, 1.165) is 14.8 Å². The fourth-order valence-electron chi connectivity index (χ4n) is 2.88. The molecule has 3 aromatic rings. The molecular formula is C23H22ClN3O4S2. The van der Waals surface area contributed by atoms with E-state index in [2.05, 4.69) is 10.5 Å². The normalized spacial score (nSPS) is 11.4. The van der Waals surface area contributed by atoms with Crippen LogP contribution in [0, 0.1) is 0 Å². The number of methoxy groups -OCH3 is 1. The van der Waals surface area contributed by atoms with Crippen molar-refractivity contribution in [3.63, 3.8) is 0 Å². The topological polar surface area (TPSA) is 88.1 Å². The largest absolute Gasteiger partial charge is 0.495 e. The van der Waals surface area contributed by atoms with E-state index >= 15 is 0 Å². The molecule has 0 fully saturated rings. The summed E-state index contributed by atoms with van der Waals surface area (Å²) in [7, 11) is -2.59. The van der Waals surface area contributed by atoms with Gasteiger partial charge in [-0.3, -0.25) is 9.10 Å². The van der Waals surface area contributed by atoms with Gasteiger partial charge in [-0.1, -0.05) is 41.9 Å². The van der Waals surface area contributed by atoms with E-state index in [1.54, 1.807) is 36.0 Å². The summed E-state index contributed by atoms with van der Waals surface area (Å²) in [4.78, 5) is 13.8. The summed E-state index contributed by atoms with van der Waals surface area (Å²) in [6.45, 7) is -0.497. The van der Waals surface area contributed by atoms with Gasteiger partial charge in [0.1, 0.15) is 12.3 Å². The molecule has 0 unspecified atom stereocenters. The van der Waals surface area contributed by atoms with Crippen LogP contribution in [0.4, 0.5) is 5.69 Å². The zero-order valence-corrected chi connectivity index (χ0v) is 20.3. The number of benzene rings is 3. The molecule has 1 N–H and O–H groups in total. The van der Waals surface area contributed by atoms with Crippen LogP contribution < -0.4 is 14.5 Å². The predicted octanol–water partition coefficient (Wildman–Crippen LogP) is 4.42. The molecule has 0 aliphatic carbocycles. The van der Waals surface area contributed by atoms with Crippen molar-refractivity contribution in [3.05, 3.63) is 83.4 Å². The fourth-order valence-corrected chi connectivity index (χ4v) is 4.97. The molecule has 0 aromatic heterocycles. The molecule has 1 amide bonds. The third-order valence-electron chi connectivity index (χ3n) is 4.56. The van der Waals surface area contributed by atoms with Crippen molar-refractivity contribution < 1.29 is 17.9 Å². The van der Waals surface area contributed by atoms with Crippen molar-refractivity contribution in [2.45, 2.75) is 9.79 Å². The Kier molecular flexibility index (Phi) is 8.37. The number of anilines is 1. The molecule has 0 bridgehead atoms. The van der Waals surface area contributed by atoms with Crippen LogP contribution in [0.3, 0.4) is 0 Å². The van der Waals surface area contributed by atoms with E-state index in [4.69, 9.17) is 16.3 Å². The summed E-state index contributed by atoms with van der Waals surface area (Å²) in [6, 6.07) is 20.0. The minimum absolute atomic E-state index is 0.0436. The van der Waals surface area contributed by atoms with Crippen LogP contribution in [0.1, 0.15) is 5.56 Å². The van der Waals surface area contributed by atoms with E-state index in [9.17, 15) is 13.2 Å².